The molecule has 0 saturated heterocycles. The van der Waals surface area contributed by atoms with E-state index in [0.29, 0.717) is 17.4 Å². The monoisotopic (exact) mass is 1350 g/mol. The van der Waals surface area contributed by atoms with Crippen LogP contribution in [-0.2, 0) is 32.7 Å². The quantitative estimate of drug-likeness (QED) is 0.0211. The Bertz CT molecular complexity index is 2280. The van der Waals surface area contributed by atoms with Crippen LogP contribution in [0.4, 0.5) is 0 Å². The first-order valence-corrected chi connectivity index (χ1v) is 40.0. The molecular weight excluding hydrogens is 1210 g/mol. The fourth-order valence-corrected chi connectivity index (χ4v) is 10.9. The van der Waals surface area contributed by atoms with Crippen molar-refractivity contribution in [2.24, 2.45) is 0 Å². The number of phosphoric ester groups is 1. The van der Waals surface area contributed by atoms with E-state index in [-0.39, 0.29) is 32.0 Å². The highest BCUT2D eigenvalue weighted by Gasteiger charge is 2.27. The van der Waals surface area contributed by atoms with E-state index in [9.17, 15) is 19.0 Å². The van der Waals surface area contributed by atoms with Crippen molar-refractivity contribution >= 4 is 19.8 Å². The number of carbonyl (C=O) groups excluding carboxylic acids is 2. The molecule has 0 spiro atoms. The average molecular weight is 1350 g/mol. The van der Waals surface area contributed by atoms with Gasteiger partial charge in [-0.2, -0.15) is 0 Å². The van der Waals surface area contributed by atoms with Crippen LogP contribution < -0.4 is 0 Å². The first kappa shape index (κ1) is 91.1. The Kier molecular flexibility index (Phi) is 70.5. The Morgan fingerprint density at radius 2 is 0.562 bits per heavy atom. The molecule has 2 unspecified atom stereocenters. The predicted molar refractivity (Wildman–Crippen MR) is 417 cm³/mol. The number of allylic oxidation sites excluding steroid dienone is 30. The molecule has 0 rings (SSSR count). The second-order valence-electron chi connectivity index (χ2n) is 26.3. The molecule has 0 aliphatic carbocycles. The minimum Gasteiger partial charge on any atom is -0.462 e. The summed E-state index contributed by atoms with van der Waals surface area (Å²) in [5.41, 5.74) is 0. The number of hydrogen-bond acceptors (Lipinski definition) is 7. The minimum absolute atomic E-state index is 0.0222. The molecule has 0 heterocycles. The molecule has 0 aliphatic heterocycles. The maximum Gasteiger partial charge on any atom is 0.472 e. The van der Waals surface area contributed by atoms with Gasteiger partial charge in [0.25, 0.3) is 0 Å². The highest BCUT2D eigenvalue weighted by atomic mass is 31.2. The average Bonchev–Trinajstić information content (AvgIpc) is 1.98. The number of quaternary nitrogens is 1. The summed E-state index contributed by atoms with van der Waals surface area (Å²) in [6.07, 6.45) is 114. The molecule has 0 aliphatic rings. The smallest absolute Gasteiger partial charge is 0.462 e. The van der Waals surface area contributed by atoms with Crippen molar-refractivity contribution in [3.05, 3.63) is 182 Å². The Morgan fingerprint density at radius 1 is 0.323 bits per heavy atom. The van der Waals surface area contributed by atoms with Crippen LogP contribution in [0.5, 0.6) is 0 Å². The van der Waals surface area contributed by atoms with Gasteiger partial charge < -0.3 is 18.9 Å². The normalized spacial score (nSPS) is 14.1. The third kappa shape index (κ3) is 78.1. The fraction of sp³-hybridized carbons (Fsp3) is 0.628. The fourth-order valence-electron chi connectivity index (χ4n) is 10.1. The number of likely N-dealkylation sites (N-methyl/N-ethyl adjacent to an activating group) is 1. The Morgan fingerprint density at radius 3 is 0.833 bits per heavy atom. The first-order chi connectivity index (χ1) is 47.0. The summed E-state index contributed by atoms with van der Waals surface area (Å²) < 4.78 is 34.8. The van der Waals surface area contributed by atoms with E-state index in [4.69, 9.17) is 18.5 Å². The number of esters is 2. The van der Waals surface area contributed by atoms with Crippen LogP contribution in [-0.4, -0.2) is 74.9 Å². The molecule has 0 aromatic carbocycles. The molecule has 0 fully saturated rings. The molecule has 9 nitrogen and oxygen atoms in total. The van der Waals surface area contributed by atoms with Gasteiger partial charge in [0, 0.05) is 12.8 Å². The Labute approximate surface area is 591 Å². The van der Waals surface area contributed by atoms with Crippen molar-refractivity contribution in [3.8, 4) is 0 Å². The van der Waals surface area contributed by atoms with E-state index in [1.807, 2.05) is 21.1 Å². The van der Waals surface area contributed by atoms with Crippen molar-refractivity contribution < 1.29 is 42.1 Å². The number of hydrogen-bond donors (Lipinski definition) is 1. The third-order valence-corrected chi connectivity index (χ3v) is 16.9. The zero-order valence-corrected chi connectivity index (χ0v) is 62.9. The van der Waals surface area contributed by atoms with Gasteiger partial charge in [0.1, 0.15) is 19.8 Å². The second-order valence-corrected chi connectivity index (χ2v) is 27.7. The van der Waals surface area contributed by atoms with Crippen molar-refractivity contribution in [1.82, 2.24) is 0 Å². The van der Waals surface area contributed by atoms with E-state index in [1.54, 1.807) is 0 Å². The topological polar surface area (TPSA) is 108 Å². The lowest BCUT2D eigenvalue weighted by Crippen LogP contribution is -2.37. The van der Waals surface area contributed by atoms with Crippen LogP contribution in [0.15, 0.2) is 182 Å². The van der Waals surface area contributed by atoms with Crippen LogP contribution in [0.2, 0.25) is 0 Å². The van der Waals surface area contributed by atoms with Crippen molar-refractivity contribution in [3.63, 3.8) is 0 Å². The summed E-state index contributed by atoms with van der Waals surface area (Å²) in [6, 6.07) is 0. The molecule has 96 heavy (non-hydrogen) atoms. The maximum absolute atomic E-state index is 12.9. The SMILES string of the molecule is CC/C=C\C/C=C\C/C=C\C/C=C\C/C=C\C/C=C\C/C=C\C/C=C\C/C=C\C/C=C\CCCCCCCCCCC(=O)OC(COC(=O)CCCCCCCCCCCCCCCCCCC/C=C\C/C=C\C/C=C\C/C=C\C/C=C\CC)COP(=O)(O)OCC[N+](C)(C)C. The predicted octanol–water partition coefficient (Wildman–Crippen LogP) is 25.8. The number of rotatable bonds is 69. The van der Waals surface area contributed by atoms with Crippen molar-refractivity contribution in [1.29, 1.82) is 0 Å². The zero-order chi connectivity index (χ0) is 69.7. The molecule has 0 bridgehead atoms. The largest absolute Gasteiger partial charge is 0.472 e. The standard InChI is InChI=1S/C86H142NO8P/c1-6-8-10-12-14-16-18-20-22-24-26-28-30-32-34-36-38-40-41-42-43-44-45-47-49-51-53-55-57-59-61-63-65-67-69-71-73-75-77-79-86(89)95-84(83-94-96(90,91)93-81-80-87(3,4)5)82-92-85(88)78-76-74-72-70-68-66-64-62-60-58-56-54-52-50-48-46-39-37-35-33-31-29-27-25-23-21-19-17-15-13-11-9-7-2/h8-11,14-17,20-23,26-29,32-35,38,40,42-43,45,47,51,53,57,59,84H,6-7,12-13,18-19,24-25,30-31,36-37,39,41,44,46,48-50,52,54-56,58,60-83H2,1-5H3/p+1/b10-8-,11-9-,16-14-,17-15-,22-20-,23-21-,28-26-,29-27-,34-32-,35-33-,40-38-,43-42-,47-45-,53-51-,59-57-. The summed E-state index contributed by atoms with van der Waals surface area (Å²) >= 11 is 0. The lowest BCUT2D eigenvalue weighted by Gasteiger charge is -2.24. The summed E-state index contributed by atoms with van der Waals surface area (Å²) in [6.45, 7) is 4.20. The highest BCUT2D eigenvalue weighted by molar-refractivity contribution is 7.47. The summed E-state index contributed by atoms with van der Waals surface area (Å²) in [4.78, 5) is 36.0. The molecule has 10 heteroatoms. The van der Waals surface area contributed by atoms with Gasteiger partial charge in [0.05, 0.1) is 27.7 Å². The van der Waals surface area contributed by atoms with Crippen LogP contribution in [0.3, 0.4) is 0 Å². The summed E-state index contributed by atoms with van der Waals surface area (Å²) in [7, 11) is 1.46. The van der Waals surface area contributed by atoms with E-state index >= 15 is 0 Å². The molecule has 1 N–H and O–H groups in total. The van der Waals surface area contributed by atoms with Gasteiger partial charge in [-0.3, -0.25) is 18.6 Å². The Hall–Kier alpha value is -4.89. The molecule has 0 radical (unpaired) electrons. The van der Waals surface area contributed by atoms with Crippen LogP contribution in [0.25, 0.3) is 0 Å². The van der Waals surface area contributed by atoms with Gasteiger partial charge in [-0.25, -0.2) is 4.57 Å². The van der Waals surface area contributed by atoms with Gasteiger partial charge in [0.2, 0.25) is 0 Å². The zero-order valence-electron chi connectivity index (χ0n) is 62.0. The van der Waals surface area contributed by atoms with Gasteiger partial charge in [0.15, 0.2) is 6.10 Å². The van der Waals surface area contributed by atoms with Gasteiger partial charge in [-0.1, -0.05) is 331 Å². The van der Waals surface area contributed by atoms with Crippen LogP contribution >= 0.6 is 7.82 Å². The number of unbranched alkanes of at least 4 members (excludes halogenated alkanes) is 25. The third-order valence-electron chi connectivity index (χ3n) is 15.9. The molecule has 0 aromatic rings. The summed E-state index contributed by atoms with van der Waals surface area (Å²) in [5.74, 6) is -0.810. The molecule has 0 aromatic heterocycles. The summed E-state index contributed by atoms with van der Waals surface area (Å²) in [5, 5.41) is 0. The highest BCUT2D eigenvalue weighted by Crippen LogP contribution is 2.43. The van der Waals surface area contributed by atoms with Crippen molar-refractivity contribution in [2.75, 3.05) is 47.5 Å². The van der Waals surface area contributed by atoms with Crippen molar-refractivity contribution in [2.45, 2.75) is 302 Å². The molecule has 2 atom stereocenters. The lowest BCUT2D eigenvalue weighted by molar-refractivity contribution is -0.870. The number of ether oxygens (including phenoxy) is 2. The van der Waals surface area contributed by atoms with Gasteiger partial charge in [-0.15, -0.1) is 0 Å². The number of carbonyl (C=O) groups is 2. The molecule has 0 amide bonds. The van der Waals surface area contributed by atoms with Gasteiger partial charge in [-0.05, 0) is 135 Å². The number of phosphoric acid groups is 1. The van der Waals surface area contributed by atoms with Gasteiger partial charge >= 0.3 is 19.8 Å². The van der Waals surface area contributed by atoms with E-state index < -0.39 is 26.5 Å². The minimum atomic E-state index is -4.41. The van der Waals surface area contributed by atoms with E-state index in [2.05, 4.69) is 196 Å². The second kappa shape index (κ2) is 74.3. The first-order valence-electron chi connectivity index (χ1n) is 38.5. The maximum atomic E-state index is 12.9. The van der Waals surface area contributed by atoms with E-state index in [1.165, 1.54) is 122 Å². The van der Waals surface area contributed by atoms with Crippen LogP contribution in [0.1, 0.15) is 296 Å². The molecule has 544 valence electrons. The van der Waals surface area contributed by atoms with E-state index in [0.717, 1.165) is 141 Å². The lowest BCUT2D eigenvalue weighted by atomic mass is 10.0. The van der Waals surface area contributed by atoms with Crippen LogP contribution in [0, 0.1) is 0 Å². The number of nitrogens with zero attached hydrogens (tertiary/aromatic N) is 1. The Balaban J connectivity index is 4.08. The molecular formula is C86H143NO8P+. The molecule has 0 saturated carbocycles.